The van der Waals surface area contributed by atoms with Crippen molar-refractivity contribution in [1.29, 1.82) is 10.5 Å². The molecule has 3 nitrogen and oxygen atoms in total. The molecule has 0 heterocycles. The lowest BCUT2D eigenvalue weighted by atomic mass is 10.2. The second kappa shape index (κ2) is 5.83. The predicted molar refractivity (Wildman–Crippen MR) is 55.5 cm³/mol. The van der Waals surface area contributed by atoms with E-state index in [4.69, 9.17) is 26.9 Å². The Hall–Kier alpha value is -2.11. The summed E-state index contributed by atoms with van der Waals surface area (Å²) >= 11 is 5.36. The van der Waals surface area contributed by atoms with Gasteiger partial charge in [0, 0.05) is 5.56 Å². The van der Waals surface area contributed by atoms with Crippen LogP contribution in [-0.2, 0) is 11.3 Å². The van der Waals surface area contributed by atoms with Crippen molar-refractivity contribution < 1.29 is 13.5 Å². The van der Waals surface area contributed by atoms with E-state index in [1.165, 1.54) is 12.1 Å². The van der Waals surface area contributed by atoms with Gasteiger partial charge < -0.3 is 4.74 Å². The van der Waals surface area contributed by atoms with Crippen LogP contribution in [0.5, 0.6) is 0 Å². The monoisotopic (exact) mass is 254 g/mol. The Bertz CT molecular complexity index is 528. The summed E-state index contributed by atoms with van der Waals surface area (Å²) in [4.78, 5) is 0. The van der Waals surface area contributed by atoms with Gasteiger partial charge in [0.05, 0.1) is 5.02 Å². The lowest BCUT2D eigenvalue weighted by molar-refractivity contribution is 0.229. The summed E-state index contributed by atoms with van der Waals surface area (Å²) < 4.78 is 31.1. The zero-order valence-corrected chi connectivity index (χ0v) is 9.13. The van der Waals surface area contributed by atoms with Crippen molar-refractivity contribution in [3.63, 3.8) is 0 Å². The summed E-state index contributed by atoms with van der Waals surface area (Å²) in [6.45, 7) is -0.299. The van der Waals surface area contributed by atoms with Crippen molar-refractivity contribution in [2.24, 2.45) is 0 Å². The van der Waals surface area contributed by atoms with Crippen molar-refractivity contribution in [2.45, 2.75) is 6.61 Å². The van der Waals surface area contributed by atoms with Crippen LogP contribution >= 0.6 is 11.6 Å². The predicted octanol–water partition coefficient (Wildman–Crippen LogP) is 3.07. The maximum Gasteiger partial charge on any atom is 0.177 e. The number of rotatable bonds is 3. The molecule has 1 aromatic rings. The average Bonchev–Trinajstić information content (AvgIpc) is 2.34. The molecule has 1 aromatic carbocycles. The van der Waals surface area contributed by atoms with Crippen LogP contribution in [0.1, 0.15) is 5.56 Å². The summed E-state index contributed by atoms with van der Waals surface area (Å²) in [7, 11) is 0. The molecular formula is C11H5ClF2N2O. The van der Waals surface area contributed by atoms with Crippen LogP contribution in [0, 0.1) is 34.3 Å². The van der Waals surface area contributed by atoms with Gasteiger partial charge in [-0.3, -0.25) is 0 Å². The van der Waals surface area contributed by atoms with E-state index in [0.29, 0.717) is 0 Å². The molecule has 0 N–H and O–H groups in total. The molecule has 0 saturated heterocycles. The van der Waals surface area contributed by atoms with Crippen LogP contribution in [0.2, 0.25) is 5.02 Å². The normalized spacial score (nSPS) is 9.00. The number of nitriles is 2. The van der Waals surface area contributed by atoms with Crippen LogP contribution in [-0.4, -0.2) is 0 Å². The minimum atomic E-state index is -1.16. The summed E-state index contributed by atoms with van der Waals surface area (Å²) in [6.07, 6.45) is 0.881. The number of benzene rings is 1. The molecule has 0 radical (unpaired) electrons. The lowest BCUT2D eigenvalue weighted by Gasteiger charge is -2.04. The highest BCUT2D eigenvalue weighted by Gasteiger charge is 2.11. The van der Waals surface area contributed by atoms with E-state index in [1.807, 2.05) is 0 Å². The fourth-order valence-electron chi connectivity index (χ4n) is 0.970. The largest absolute Gasteiger partial charge is 0.494 e. The van der Waals surface area contributed by atoms with Gasteiger partial charge in [0.25, 0.3) is 0 Å². The fourth-order valence-corrected chi connectivity index (χ4v) is 1.12. The Kier molecular flexibility index (Phi) is 4.45. The molecule has 0 aliphatic heterocycles. The summed E-state index contributed by atoms with van der Waals surface area (Å²) in [5.41, 5.74) is -0.321. The zero-order valence-electron chi connectivity index (χ0n) is 8.38. The summed E-state index contributed by atoms with van der Waals surface area (Å²) in [6, 6.07) is 5.57. The van der Waals surface area contributed by atoms with Gasteiger partial charge >= 0.3 is 0 Å². The van der Waals surface area contributed by atoms with Gasteiger partial charge in [-0.1, -0.05) is 17.7 Å². The second-order valence-corrected chi connectivity index (χ2v) is 3.31. The van der Waals surface area contributed by atoms with Gasteiger partial charge in [0.15, 0.2) is 17.2 Å². The molecule has 86 valence electrons. The van der Waals surface area contributed by atoms with Gasteiger partial charge in [0.2, 0.25) is 0 Å². The van der Waals surface area contributed by atoms with Crippen LogP contribution in [0.15, 0.2) is 24.0 Å². The van der Waals surface area contributed by atoms with Crippen molar-refractivity contribution in [2.75, 3.05) is 0 Å². The molecule has 0 aliphatic rings. The number of hydrogen-bond acceptors (Lipinski definition) is 3. The van der Waals surface area contributed by atoms with Crippen LogP contribution < -0.4 is 0 Å². The topological polar surface area (TPSA) is 56.8 Å². The number of nitrogens with zero attached hydrogens (tertiary/aromatic N) is 2. The molecule has 0 fully saturated rings. The molecule has 0 aliphatic carbocycles. The maximum absolute atomic E-state index is 13.3. The van der Waals surface area contributed by atoms with E-state index in [1.54, 1.807) is 12.1 Å². The number of ether oxygens (including phenoxy) is 1. The van der Waals surface area contributed by atoms with Gasteiger partial charge in [0.1, 0.15) is 25.0 Å². The number of allylic oxidation sites excluding steroid dienone is 1. The van der Waals surface area contributed by atoms with Crippen LogP contribution in [0.25, 0.3) is 0 Å². The maximum atomic E-state index is 13.3. The van der Waals surface area contributed by atoms with E-state index in [2.05, 4.69) is 0 Å². The van der Waals surface area contributed by atoms with Gasteiger partial charge in [-0.15, -0.1) is 0 Å². The van der Waals surface area contributed by atoms with Crippen LogP contribution in [0.3, 0.4) is 0 Å². The van der Waals surface area contributed by atoms with E-state index in [9.17, 15) is 8.78 Å². The molecule has 1 rings (SSSR count). The lowest BCUT2D eigenvalue weighted by Crippen LogP contribution is -1.96. The highest BCUT2D eigenvalue weighted by atomic mass is 35.5. The van der Waals surface area contributed by atoms with Crippen molar-refractivity contribution >= 4 is 11.6 Å². The van der Waals surface area contributed by atoms with Crippen molar-refractivity contribution in [3.8, 4) is 12.1 Å². The SMILES string of the molecule is N#CC(C#N)=COCc1ccc(Cl)c(F)c1F. The first-order valence-electron chi connectivity index (χ1n) is 4.34. The fraction of sp³-hybridized carbons (Fsp3) is 0.0909. The minimum absolute atomic E-state index is 0.0571. The molecular weight excluding hydrogens is 250 g/mol. The minimum Gasteiger partial charge on any atom is -0.494 e. The molecule has 0 aromatic heterocycles. The van der Waals surface area contributed by atoms with Crippen LogP contribution in [0.4, 0.5) is 8.78 Å². The standard InChI is InChI=1S/C11H5ClF2N2O/c12-9-2-1-8(10(13)11(9)14)6-17-5-7(3-15)4-16/h1-2,5H,6H2. The third-order valence-corrected chi connectivity index (χ3v) is 2.09. The molecule has 0 spiro atoms. The molecule has 0 bridgehead atoms. The van der Waals surface area contributed by atoms with E-state index >= 15 is 0 Å². The Balaban J connectivity index is 2.79. The third-order valence-electron chi connectivity index (χ3n) is 1.80. The summed E-state index contributed by atoms with van der Waals surface area (Å²) in [5.74, 6) is -2.26. The van der Waals surface area contributed by atoms with Crippen molar-refractivity contribution in [3.05, 3.63) is 46.2 Å². The molecule has 6 heteroatoms. The Morgan fingerprint density at radius 3 is 2.53 bits per heavy atom. The summed E-state index contributed by atoms with van der Waals surface area (Å²) in [5, 5.41) is 16.4. The number of hydrogen-bond donors (Lipinski definition) is 0. The first-order valence-corrected chi connectivity index (χ1v) is 4.72. The van der Waals surface area contributed by atoms with E-state index in [-0.39, 0.29) is 22.8 Å². The molecule has 0 saturated carbocycles. The Morgan fingerprint density at radius 1 is 1.29 bits per heavy atom. The third kappa shape index (κ3) is 3.17. The van der Waals surface area contributed by atoms with Gasteiger partial charge in [-0.25, -0.2) is 8.78 Å². The zero-order chi connectivity index (χ0) is 12.8. The van der Waals surface area contributed by atoms with E-state index < -0.39 is 11.6 Å². The molecule has 17 heavy (non-hydrogen) atoms. The quantitative estimate of drug-likeness (QED) is 0.473. The highest BCUT2D eigenvalue weighted by Crippen LogP contribution is 2.20. The smallest absolute Gasteiger partial charge is 0.177 e. The first kappa shape index (κ1) is 13.0. The first-order chi connectivity index (χ1) is 8.10. The average molecular weight is 255 g/mol. The number of halogens is 3. The van der Waals surface area contributed by atoms with E-state index in [0.717, 1.165) is 6.26 Å². The molecule has 0 unspecified atom stereocenters. The van der Waals surface area contributed by atoms with Gasteiger partial charge in [-0.05, 0) is 6.07 Å². The highest BCUT2D eigenvalue weighted by molar-refractivity contribution is 6.30. The second-order valence-electron chi connectivity index (χ2n) is 2.90. The van der Waals surface area contributed by atoms with Gasteiger partial charge in [-0.2, -0.15) is 10.5 Å². The Morgan fingerprint density at radius 2 is 1.94 bits per heavy atom. The molecule has 0 atom stereocenters. The molecule has 0 amide bonds. The Labute approximate surface area is 101 Å². The van der Waals surface area contributed by atoms with Crippen molar-refractivity contribution in [1.82, 2.24) is 0 Å².